The number of rotatable bonds is 8. The van der Waals surface area contributed by atoms with Crippen molar-refractivity contribution in [2.45, 2.75) is 45.4 Å². The van der Waals surface area contributed by atoms with Crippen molar-refractivity contribution in [2.75, 3.05) is 13.1 Å². The third-order valence-electron chi connectivity index (χ3n) is 3.58. The number of nitrogens with zero attached hydrogens (tertiary/aromatic N) is 1. The van der Waals surface area contributed by atoms with E-state index in [-0.39, 0.29) is 24.8 Å². The van der Waals surface area contributed by atoms with Crippen LogP contribution in [0, 0.1) is 17.6 Å². The Morgan fingerprint density at radius 2 is 1.67 bits per heavy atom. The maximum Gasteiger partial charge on any atom is 0.239 e. The minimum atomic E-state index is -1.03. The first-order chi connectivity index (χ1) is 11.1. The van der Waals surface area contributed by atoms with Crippen LogP contribution in [0.25, 0.3) is 0 Å². The van der Waals surface area contributed by atoms with Crippen molar-refractivity contribution in [3.8, 4) is 0 Å². The number of halogens is 2. The van der Waals surface area contributed by atoms with E-state index in [0.717, 1.165) is 6.07 Å². The molecule has 0 aliphatic rings. The minimum Gasteiger partial charge on any atom is -0.390 e. The Labute approximate surface area is 141 Å². The lowest BCUT2D eigenvalue weighted by Crippen LogP contribution is -2.51. The van der Waals surface area contributed by atoms with Crippen LogP contribution >= 0.6 is 0 Å². The van der Waals surface area contributed by atoms with E-state index in [1.54, 1.807) is 6.92 Å². The molecule has 0 spiro atoms. The Bertz CT molecular complexity index is 532. The van der Waals surface area contributed by atoms with E-state index in [4.69, 9.17) is 11.5 Å². The van der Waals surface area contributed by atoms with Crippen LogP contribution in [-0.2, 0) is 11.2 Å². The van der Waals surface area contributed by atoms with E-state index in [9.17, 15) is 18.7 Å². The van der Waals surface area contributed by atoms with Crippen LogP contribution in [0.1, 0.15) is 26.3 Å². The molecule has 0 bridgehead atoms. The molecule has 0 aliphatic carbocycles. The summed E-state index contributed by atoms with van der Waals surface area (Å²) in [6.07, 6.45) is -0.935. The molecule has 0 aromatic heterocycles. The number of aliphatic hydroxyl groups excluding tert-OH is 1. The molecule has 0 aliphatic heterocycles. The first-order valence-corrected chi connectivity index (χ1v) is 8.03. The highest BCUT2D eigenvalue weighted by Crippen LogP contribution is 2.12. The molecule has 0 saturated carbocycles. The van der Waals surface area contributed by atoms with Crippen molar-refractivity contribution in [1.82, 2.24) is 4.90 Å². The summed E-state index contributed by atoms with van der Waals surface area (Å²) in [7, 11) is 0. The van der Waals surface area contributed by atoms with Crippen molar-refractivity contribution >= 4 is 5.91 Å². The summed E-state index contributed by atoms with van der Waals surface area (Å²) < 4.78 is 26.4. The van der Waals surface area contributed by atoms with Crippen molar-refractivity contribution < 1.29 is 18.7 Å². The van der Waals surface area contributed by atoms with Crippen LogP contribution in [0.4, 0.5) is 8.78 Å². The summed E-state index contributed by atoms with van der Waals surface area (Å²) in [4.78, 5) is 13.6. The van der Waals surface area contributed by atoms with Crippen LogP contribution in [0.15, 0.2) is 18.2 Å². The molecular formula is C17H27F2N3O2. The van der Waals surface area contributed by atoms with Crippen LogP contribution in [-0.4, -0.2) is 47.2 Å². The van der Waals surface area contributed by atoms with E-state index in [1.165, 1.54) is 17.0 Å². The predicted octanol–water partition coefficient (Wildman–Crippen LogP) is 1.03. The lowest BCUT2D eigenvalue weighted by atomic mass is 10.0. The van der Waals surface area contributed by atoms with Gasteiger partial charge in [0.15, 0.2) is 0 Å². The summed E-state index contributed by atoms with van der Waals surface area (Å²) in [6.45, 7) is 5.94. The fourth-order valence-corrected chi connectivity index (χ4v) is 2.48. The quantitative estimate of drug-likeness (QED) is 0.657. The number of benzene rings is 1. The topological polar surface area (TPSA) is 92.6 Å². The van der Waals surface area contributed by atoms with Crippen LogP contribution in [0.3, 0.4) is 0 Å². The zero-order valence-electron chi connectivity index (χ0n) is 14.4. The molecular weight excluding hydrogens is 316 g/mol. The van der Waals surface area contributed by atoms with Crippen LogP contribution in [0.2, 0.25) is 0 Å². The summed E-state index contributed by atoms with van der Waals surface area (Å²) in [6, 6.07) is 1.69. The van der Waals surface area contributed by atoms with E-state index in [1.807, 2.05) is 13.8 Å². The van der Waals surface area contributed by atoms with Gasteiger partial charge in [-0.2, -0.15) is 0 Å². The zero-order chi connectivity index (χ0) is 18.4. The van der Waals surface area contributed by atoms with Crippen LogP contribution < -0.4 is 11.5 Å². The SMILES string of the molecule is CC(C)CN(C[C@@H](O)[C@@H](N)Cc1cc(F)cc(F)c1)C(=O)[C@H](C)N. The van der Waals surface area contributed by atoms with Crippen molar-refractivity contribution in [2.24, 2.45) is 17.4 Å². The Morgan fingerprint density at radius 1 is 1.12 bits per heavy atom. The standard InChI is InChI=1S/C17H27F2N3O2/c1-10(2)8-22(17(24)11(3)20)9-16(23)15(21)6-12-4-13(18)7-14(19)5-12/h4-5,7,10-11,15-16,23H,6,8-9,20-21H2,1-3H3/t11-,15-,16+/m0/s1. The summed E-state index contributed by atoms with van der Waals surface area (Å²) >= 11 is 0. The highest BCUT2D eigenvalue weighted by atomic mass is 19.1. The van der Waals surface area contributed by atoms with Gasteiger partial charge in [-0.25, -0.2) is 8.78 Å². The monoisotopic (exact) mass is 343 g/mol. The molecule has 7 heteroatoms. The van der Waals surface area contributed by atoms with Gasteiger partial charge in [-0.05, 0) is 37.0 Å². The largest absolute Gasteiger partial charge is 0.390 e. The second kappa shape index (κ2) is 9.05. The summed E-state index contributed by atoms with van der Waals surface area (Å²) in [5, 5.41) is 10.3. The molecule has 1 aromatic carbocycles. The molecule has 1 aromatic rings. The smallest absolute Gasteiger partial charge is 0.239 e. The molecule has 0 unspecified atom stereocenters. The lowest BCUT2D eigenvalue weighted by Gasteiger charge is -2.30. The van der Waals surface area contributed by atoms with Crippen molar-refractivity contribution in [3.63, 3.8) is 0 Å². The minimum absolute atomic E-state index is 0.0253. The third-order valence-corrected chi connectivity index (χ3v) is 3.58. The normalized spacial score (nSPS) is 15.2. The number of carbonyl (C=O) groups is 1. The molecule has 24 heavy (non-hydrogen) atoms. The average molecular weight is 343 g/mol. The fraction of sp³-hybridized carbons (Fsp3) is 0.588. The first-order valence-electron chi connectivity index (χ1n) is 8.03. The molecule has 5 N–H and O–H groups in total. The average Bonchev–Trinajstić information content (AvgIpc) is 2.43. The molecule has 136 valence electrons. The van der Waals surface area contributed by atoms with Gasteiger partial charge >= 0.3 is 0 Å². The van der Waals surface area contributed by atoms with Gasteiger partial charge in [-0.3, -0.25) is 4.79 Å². The number of carbonyl (C=O) groups excluding carboxylic acids is 1. The molecule has 1 amide bonds. The molecule has 0 heterocycles. The second-order valence-corrected chi connectivity index (χ2v) is 6.64. The predicted molar refractivity (Wildman–Crippen MR) is 89.1 cm³/mol. The van der Waals surface area contributed by atoms with E-state index >= 15 is 0 Å². The number of hydrogen-bond donors (Lipinski definition) is 3. The molecule has 5 nitrogen and oxygen atoms in total. The highest BCUT2D eigenvalue weighted by molar-refractivity contribution is 5.81. The van der Waals surface area contributed by atoms with Crippen LogP contribution in [0.5, 0.6) is 0 Å². The summed E-state index contributed by atoms with van der Waals surface area (Å²) in [5.41, 5.74) is 11.9. The van der Waals surface area contributed by atoms with Gasteiger partial charge in [0.05, 0.1) is 12.1 Å². The lowest BCUT2D eigenvalue weighted by molar-refractivity contribution is -0.134. The van der Waals surface area contributed by atoms with Gasteiger partial charge in [0.25, 0.3) is 0 Å². The van der Waals surface area contributed by atoms with Gasteiger partial charge in [-0.15, -0.1) is 0 Å². The molecule has 0 fully saturated rings. The first kappa shape index (κ1) is 20.5. The zero-order valence-corrected chi connectivity index (χ0v) is 14.4. The van der Waals surface area contributed by atoms with Gasteiger partial charge in [0.2, 0.25) is 5.91 Å². The number of amides is 1. The third kappa shape index (κ3) is 6.51. The molecule has 0 radical (unpaired) electrons. The maximum absolute atomic E-state index is 13.2. The summed E-state index contributed by atoms with van der Waals surface area (Å²) in [5.74, 6) is -1.46. The molecule has 0 saturated heterocycles. The van der Waals surface area contributed by atoms with E-state index in [2.05, 4.69) is 0 Å². The number of aliphatic hydroxyl groups is 1. The van der Waals surface area contributed by atoms with Crippen molar-refractivity contribution in [3.05, 3.63) is 35.4 Å². The second-order valence-electron chi connectivity index (χ2n) is 6.64. The fourth-order valence-electron chi connectivity index (χ4n) is 2.48. The Kier molecular flexibility index (Phi) is 7.72. The molecule has 1 rings (SSSR count). The van der Waals surface area contributed by atoms with E-state index in [0.29, 0.717) is 12.1 Å². The number of nitrogens with two attached hydrogens (primary N) is 2. The maximum atomic E-state index is 13.2. The van der Waals surface area contributed by atoms with E-state index < -0.39 is 29.8 Å². The van der Waals surface area contributed by atoms with Gasteiger partial charge in [0, 0.05) is 25.2 Å². The van der Waals surface area contributed by atoms with Crippen molar-refractivity contribution in [1.29, 1.82) is 0 Å². The number of hydrogen-bond acceptors (Lipinski definition) is 4. The van der Waals surface area contributed by atoms with Gasteiger partial charge in [0.1, 0.15) is 11.6 Å². The Hall–Kier alpha value is -1.57. The van der Waals surface area contributed by atoms with Gasteiger partial charge in [-0.1, -0.05) is 13.8 Å². The molecule has 3 atom stereocenters. The Morgan fingerprint density at radius 3 is 2.12 bits per heavy atom. The van der Waals surface area contributed by atoms with Gasteiger partial charge < -0.3 is 21.5 Å². The Balaban J connectivity index is 2.74. The highest BCUT2D eigenvalue weighted by Gasteiger charge is 2.24.